The maximum Gasteiger partial charge on any atom is 0.414 e. The molecule has 1 aromatic carbocycles. The lowest BCUT2D eigenvalue weighted by Gasteiger charge is -2.29. The molecule has 9 nitrogen and oxygen atoms in total. The molecule has 10 heteroatoms. The molecule has 2 saturated heterocycles. The van der Waals surface area contributed by atoms with Crippen LogP contribution in [0.3, 0.4) is 0 Å². The predicted octanol–water partition coefficient (Wildman–Crippen LogP) is 2.15. The van der Waals surface area contributed by atoms with Crippen LogP contribution in [0.4, 0.5) is 10.5 Å². The Bertz CT molecular complexity index is 1010. The summed E-state index contributed by atoms with van der Waals surface area (Å²) in [6, 6.07) is 7.05. The summed E-state index contributed by atoms with van der Waals surface area (Å²) in [7, 11) is -3.87. The van der Waals surface area contributed by atoms with E-state index in [4.69, 9.17) is 14.3 Å². The Morgan fingerprint density at radius 1 is 1.31 bits per heavy atom. The highest BCUT2D eigenvalue weighted by Crippen LogP contribution is 2.30. The number of benzene rings is 1. The average molecular weight is 465 g/mol. The number of hydrogen-bond donors (Lipinski definition) is 1. The van der Waals surface area contributed by atoms with E-state index in [-0.39, 0.29) is 13.0 Å². The van der Waals surface area contributed by atoms with E-state index in [1.165, 1.54) is 11.8 Å². The molecule has 1 N–H and O–H groups in total. The van der Waals surface area contributed by atoms with E-state index in [0.29, 0.717) is 18.7 Å². The lowest BCUT2D eigenvalue weighted by atomic mass is 10.0. The lowest BCUT2D eigenvalue weighted by Crippen LogP contribution is -2.53. The fourth-order valence-electron chi connectivity index (χ4n) is 3.59. The van der Waals surface area contributed by atoms with Gasteiger partial charge in [0.2, 0.25) is 0 Å². The Labute approximate surface area is 188 Å². The highest BCUT2D eigenvalue weighted by molar-refractivity contribution is 7.92. The minimum atomic E-state index is -3.87. The normalized spacial score (nSPS) is 23.0. The Kier molecular flexibility index (Phi) is 7.44. The van der Waals surface area contributed by atoms with Gasteiger partial charge in [0.15, 0.2) is 20.9 Å². The van der Waals surface area contributed by atoms with Gasteiger partial charge in [0.05, 0.1) is 6.54 Å². The van der Waals surface area contributed by atoms with Crippen LogP contribution in [0.5, 0.6) is 0 Å². The lowest BCUT2D eigenvalue weighted by molar-refractivity contribution is -0.201. The molecule has 0 saturated carbocycles. The Hall–Kier alpha value is -2.61. The molecule has 2 heterocycles. The number of sulfone groups is 1. The summed E-state index contributed by atoms with van der Waals surface area (Å²) in [5.74, 6) is 4.90. The van der Waals surface area contributed by atoms with E-state index in [9.17, 15) is 18.0 Å². The minimum Gasteiger partial charge on any atom is -0.444 e. The number of carbonyl (C=O) groups is 2. The highest BCUT2D eigenvalue weighted by Gasteiger charge is 2.48. The first-order valence-corrected chi connectivity index (χ1v) is 12.3. The van der Waals surface area contributed by atoms with Crippen molar-refractivity contribution < 1.29 is 32.3 Å². The molecular formula is C22H28N2O7S. The van der Waals surface area contributed by atoms with E-state index in [0.717, 1.165) is 24.7 Å². The third-order valence-electron chi connectivity index (χ3n) is 5.66. The SMILES string of the molecule is CC#Cc1ccc(N2C[C@H](CC(C)(C(=O)NOC3CCCCO3)S(C)(=O)=O)OC2=O)cc1. The van der Waals surface area contributed by atoms with Crippen molar-refractivity contribution in [3.63, 3.8) is 0 Å². The number of anilines is 1. The third-order valence-corrected chi connectivity index (χ3v) is 7.65. The summed E-state index contributed by atoms with van der Waals surface area (Å²) in [5, 5.41) is 0. The summed E-state index contributed by atoms with van der Waals surface area (Å²) in [4.78, 5) is 31.9. The van der Waals surface area contributed by atoms with Gasteiger partial charge in [-0.3, -0.25) is 9.69 Å². The van der Waals surface area contributed by atoms with Gasteiger partial charge < -0.3 is 9.47 Å². The van der Waals surface area contributed by atoms with E-state index in [1.807, 2.05) is 0 Å². The van der Waals surface area contributed by atoms with Gasteiger partial charge in [0.1, 0.15) is 6.10 Å². The van der Waals surface area contributed by atoms with Crippen molar-refractivity contribution in [3.05, 3.63) is 29.8 Å². The third kappa shape index (κ3) is 5.41. The van der Waals surface area contributed by atoms with Gasteiger partial charge >= 0.3 is 6.09 Å². The van der Waals surface area contributed by atoms with Gasteiger partial charge in [-0.2, -0.15) is 0 Å². The van der Waals surface area contributed by atoms with Crippen molar-refractivity contribution in [1.82, 2.24) is 5.48 Å². The highest BCUT2D eigenvalue weighted by atomic mass is 32.2. The summed E-state index contributed by atoms with van der Waals surface area (Å²) in [6.07, 6.45) is 1.16. The van der Waals surface area contributed by atoms with Gasteiger partial charge in [0.25, 0.3) is 5.91 Å². The number of rotatable bonds is 7. The summed E-state index contributed by atoms with van der Waals surface area (Å²) in [5.41, 5.74) is 3.64. The molecule has 1 aromatic rings. The van der Waals surface area contributed by atoms with Crippen LogP contribution >= 0.6 is 0 Å². The Morgan fingerprint density at radius 2 is 2.03 bits per heavy atom. The second-order valence-electron chi connectivity index (χ2n) is 8.09. The molecule has 0 spiro atoms. The van der Waals surface area contributed by atoms with Gasteiger partial charge in [-0.15, -0.1) is 5.92 Å². The maximum absolute atomic E-state index is 12.8. The summed E-state index contributed by atoms with van der Waals surface area (Å²) in [6.45, 7) is 3.67. The molecule has 3 atom stereocenters. The van der Waals surface area contributed by atoms with E-state index >= 15 is 0 Å². The summed E-state index contributed by atoms with van der Waals surface area (Å²) >= 11 is 0. The van der Waals surface area contributed by atoms with Crippen molar-refractivity contribution in [2.75, 3.05) is 24.3 Å². The molecule has 0 bridgehead atoms. The molecule has 174 valence electrons. The standard InChI is InChI=1S/C22H28N2O7S/c1-4-7-16-9-11-17(12-10-16)24-15-18(30-21(24)26)14-22(2,32(3,27)28)20(25)23-31-19-8-5-6-13-29-19/h9-12,18-19H,5-6,8,13-15H2,1-3H3,(H,23,25)/t18-,19?,22?/m0/s1. The first kappa shape index (κ1) is 24.0. The van der Waals surface area contributed by atoms with Gasteiger partial charge in [0, 0.05) is 37.0 Å². The van der Waals surface area contributed by atoms with Crippen LogP contribution in [0.15, 0.2) is 24.3 Å². The van der Waals surface area contributed by atoms with E-state index < -0.39 is 39.0 Å². The van der Waals surface area contributed by atoms with Gasteiger partial charge in [-0.25, -0.2) is 23.5 Å². The van der Waals surface area contributed by atoms with E-state index in [1.54, 1.807) is 31.2 Å². The molecule has 2 amide bonds. The average Bonchev–Trinajstić information content (AvgIpc) is 3.12. The number of amides is 2. The zero-order valence-electron chi connectivity index (χ0n) is 18.4. The largest absolute Gasteiger partial charge is 0.444 e. The van der Waals surface area contributed by atoms with Crippen molar-refractivity contribution in [2.45, 2.75) is 56.7 Å². The zero-order valence-corrected chi connectivity index (χ0v) is 19.2. The molecule has 0 aliphatic carbocycles. The molecule has 2 aliphatic rings. The quantitative estimate of drug-likeness (QED) is 0.486. The van der Waals surface area contributed by atoms with Crippen LogP contribution in [0.2, 0.25) is 0 Å². The number of ether oxygens (including phenoxy) is 2. The van der Waals surface area contributed by atoms with Crippen molar-refractivity contribution in [1.29, 1.82) is 0 Å². The second kappa shape index (κ2) is 9.90. The summed E-state index contributed by atoms with van der Waals surface area (Å²) < 4.78 is 34.0. The molecule has 0 aromatic heterocycles. The molecular weight excluding hydrogens is 436 g/mol. The molecule has 2 aliphatic heterocycles. The number of nitrogens with zero attached hydrogens (tertiary/aromatic N) is 1. The smallest absolute Gasteiger partial charge is 0.414 e. The number of hydrogen-bond acceptors (Lipinski definition) is 7. The van der Waals surface area contributed by atoms with E-state index in [2.05, 4.69) is 17.3 Å². The number of hydroxylamine groups is 1. The van der Waals surface area contributed by atoms with Crippen LogP contribution < -0.4 is 10.4 Å². The zero-order chi connectivity index (χ0) is 23.4. The fraction of sp³-hybridized carbons (Fsp3) is 0.545. The van der Waals surface area contributed by atoms with Crippen LogP contribution in [-0.4, -0.2) is 57.0 Å². The maximum atomic E-state index is 12.8. The van der Waals surface area contributed by atoms with Crippen molar-refractivity contribution in [2.24, 2.45) is 0 Å². The Morgan fingerprint density at radius 3 is 2.62 bits per heavy atom. The first-order valence-electron chi connectivity index (χ1n) is 10.4. The van der Waals surface area contributed by atoms with Crippen LogP contribution in [-0.2, 0) is 28.9 Å². The second-order valence-corrected chi connectivity index (χ2v) is 10.5. The monoisotopic (exact) mass is 464 g/mol. The number of carbonyl (C=O) groups excluding carboxylic acids is 2. The van der Waals surface area contributed by atoms with Gasteiger partial charge in [-0.05, 0) is 51.0 Å². The fourth-order valence-corrected chi connectivity index (χ4v) is 4.45. The van der Waals surface area contributed by atoms with Crippen LogP contribution in [0.1, 0.15) is 45.1 Å². The number of nitrogens with one attached hydrogen (secondary N) is 1. The first-order chi connectivity index (χ1) is 15.1. The van der Waals surface area contributed by atoms with Crippen LogP contribution in [0.25, 0.3) is 0 Å². The predicted molar refractivity (Wildman–Crippen MR) is 117 cm³/mol. The Balaban J connectivity index is 1.69. The van der Waals surface area contributed by atoms with Crippen molar-refractivity contribution in [3.8, 4) is 11.8 Å². The van der Waals surface area contributed by atoms with Gasteiger partial charge in [-0.1, -0.05) is 5.92 Å². The van der Waals surface area contributed by atoms with Crippen molar-refractivity contribution >= 4 is 27.5 Å². The van der Waals surface area contributed by atoms with Crippen LogP contribution in [0, 0.1) is 11.8 Å². The topological polar surface area (TPSA) is 111 Å². The molecule has 3 rings (SSSR count). The molecule has 32 heavy (non-hydrogen) atoms. The molecule has 0 radical (unpaired) electrons. The minimum absolute atomic E-state index is 0.114. The molecule has 2 fully saturated rings. The number of cyclic esters (lactones) is 1. The molecule has 2 unspecified atom stereocenters.